The molecule has 7 nitrogen and oxygen atoms in total. The monoisotopic (exact) mass is 396 g/mol. The maximum absolute atomic E-state index is 12.2. The molecule has 26 heavy (non-hydrogen) atoms. The van der Waals surface area contributed by atoms with Crippen LogP contribution in [-0.2, 0) is 19.6 Å². The lowest BCUT2D eigenvalue weighted by atomic mass is 10.2. The minimum absolute atomic E-state index is 0.0658. The van der Waals surface area contributed by atoms with Crippen molar-refractivity contribution in [3.8, 4) is 0 Å². The van der Waals surface area contributed by atoms with Gasteiger partial charge in [0.15, 0.2) is 0 Å². The van der Waals surface area contributed by atoms with E-state index >= 15 is 0 Å². The highest BCUT2D eigenvalue weighted by Crippen LogP contribution is 2.23. The smallest absolute Gasteiger partial charge is 0.337 e. The average Bonchev–Trinajstić information content (AvgIpc) is 2.61. The van der Waals surface area contributed by atoms with E-state index < -0.39 is 28.4 Å². The Morgan fingerprint density at radius 1 is 1.15 bits per heavy atom. The molecule has 0 bridgehead atoms. The maximum Gasteiger partial charge on any atom is 0.337 e. The summed E-state index contributed by atoms with van der Waals surface area (Å²) in [4.78, 5) is 23.6. The van der Waals surface area contributed by atoms with Gasteiger partial charge in [0.05, 0.1) is 34.8 Å². The number of anilines is 1. The quantitative estimate of drug-likeness (QED) is 0.730. The lowest BCUT2D eigenvalue weighted by Gasteiger charge is -2.10. The fraction of sp³-hybridized carbons (Fsp3) is 0.176. The summed E-state index contributed by atoms with van der Waals surface area (Å²) < 4.78 is 31.2. The Balaban J connectivity index is 2.06. The molecular formula is C17H17ClN2O5S. The number of carbonyl (C=O) groups excluding carboxylic acids is 2. The molecule has 2 N–H and O–H groups in total. The first kappa shape index (κ1) is 19.9. The highest BCUT2D eigenvalue weighted by atomic mass is 35.5. The number of aryl methyl sites for hydroxylation is 1. The first-order valence-electron chi connectivity index (χ1n) is 7.47. The van der Waals surface area contributed by atoms with Crippen molar-refractivity contribution in [3.05, 3.63) is 58.6 Å². The zero-order chi connectivity index (χ0) is 19.3. The third kappa shape index (κ3) is 5.04. The van der Waals surface area contributed by atoms with Crippen LogP contribution >= 0.6 is 11.6 Å². The normalized spacial score (nSPS) is 11.0. The molecule has 1 amide bonds. The Morgan fingerprint density at radius 2 is 1.88 bits per heavy atom. The van der Waals surface area contributed by atoms with Crippen molar-refractivity contribution >= 4 is 39.2 Å². The van der Waals surface area contributed by atoms with E-state index in [1.165, 1.54) is 37.4 Å². The van der Waals surface area contributed by atoms with Crippen molar-refractivity contribution in [2.45, 2.75) is 11.8 Å². The number of halogens is 1. The van der Waals surface area contributed by atoms with Gasteiger partial charge in [-0.3, -0.25) is 4.79 Å². The van der Waals surface area contributed by atoms with Gasteiger partial charge in [0.25, 0.3) is 0 Å². The molecule has 0 heterocycles. The lowest BCUT2D eigenvalue weighted by molar-refractivity contribution is -0.115. The molecule has 0 atom stereocenters. The highest BCUT2D eigenvalue weighted by Gasteiger charge is 2.17. The van der Waals surface area contributed by atoms with Crippen LogP contribution in [0.1, 0.15) is 15.9 Å². The van der Waals surface area contributed by atoms with Crippen LogP contribution in [0.15, 0.2) is 47.4 Å². The molecule has 0 aromatic heterocycles. The molecule has 0 spiro atoms. The van der Waals surface area contributed by atoms with Gasteiger partial charge in [0, 0.05) is 0 Å². The van der Waals surface area contributed by atoms with Crippen LogP contribution in [0.4, 0.5) is 5.69 Å². The minimum Gasteiger partial charge on any atom is -0.465 e. The fourth-order valence-corrected chi connectivity index (χ4v) is 3.34. The number of hydrogen-bond acceptors (Lipinski definition) is 5. The van der Waals surface area contributed by atoms with E-state index in [4.69, 9.17) is 11.6 Å². The summed E-state index contributed by atoms with van der Waals surface area (Å²) in [5.41, 5.74) is 1.16. The molecule has 0 saturated heterocycles. The third-order valence-corrected chi connectivity index (χ3v) is 5.11. The molecule has 0 saturated carbocycles. The number of methoxy groups -OCH3 is 1. The topological polar surface area (TPSA) is 102 Å². The van der Waals surface area contributed by atoms with Crippen molar-refractivity contribution in [1.29, 1.82) is 0 Å². The third-order valence-electron chi connectivity index (χ3n) is 3.38. The van der Waals surface area contributed by atoms with Crippen LogP contribution < -0.4 is 10.0 Å². The average molecular weight is 397 g/mol. The molecule has 0 aliphatic heterocycles. The summed E-state index contributed by atoms with van der Waals surface area (Å²) in [5.74, 6) is -1.22. The van der Waals surface area contributed by atoms with E-state index in [-0.39, 0.29) is 21.2 Å². The van der Waals surface area contributed by atoms with Crippen molar-refractivity contribution < 1.29 is 22.7 Å². The van der Waals surface area contributed by atoms with Crippen molar-refractivity contribution in [1.82, 2.24) is 4.72 Å². The van der Waals surface area contributed by atoms with Crippen LogP contribution in [0.5, 0.6) is 0 Å². The van der Waals surface area contributed by atoms with Crippen molar-refractivity contribution in [2.75, 3.05) is 19.0 Å². The summed E-state index contributed by atoms with van der Waals surface area (Å²) in [6.07, 6.45) is 0. The second-order valence-electron chi connectivity index (χ2n) is 5.38. The van der Waals surface area contributed by atoms with Gasteiger partial charge in [-0.2, -0.15) is 0 Å². The summed E-state index contributed by atoms with van der Waals surface area (Å²) in [6.45, 7) is 1.27. The minimum atomic E-state index is -3.82. The van der Waals surface area contributed by atoms with Gasteiger partial charge in [-0.15, -0.1) is 0 Å². The SMILES string of the molecule is COC(=O)c1ccc(Cl)c(NC(=O)CNS(=O)(=O)c2cccc(C)c2)c1. The van der Waals surface area contributed by atoms with Gasteiger partial charge < -0.3 is 10.1 Å². The Morgan fingerprint density at radius 3 is 2.54 bits per heavy atom. The van der Waals surface area contributed by atoms with E-state index in [1.807, 2.05) is 0 Å². The second kappa shape index (κ2) is 8.31. The van der Waals surface area contributed by atoms with Crippen LogP contribution in [0.2, 0.25) is 5.02 Å². The first-order valence-corrected chi connectivity index (χ1v) is 9.33. The number of esters is 1. The number of amides is 1. The summed E-state index contributed by atoms with van der Waals surface area (Å²) >= 11 is 5.99. The molecule has 0 radical (unpaired) electrons. The molecule has 0 unspecified atom stereocenters. The maximum atomic E-state index is 12.2. The predicted molar refractivity (Wildman–Crippen MR) is 97.8 cm³/mol. The van der Waals surface area contributed by atoms with Crippen molar-refractivity contribution in [3.63, 3.8) is 0 Å². The number of benzene rings is 2. The number of hydrogen-bond donors (Lipinski definition) is 2. The van der Waals surface area contributed by atoms with E-state index in [0.717, 1.165) is 5.56 Å². The Bertz CT molecular complexity index is 944. The molecule has 0 fully saturated rings. The lowest BCUT2D eigenvalue weighted by Crippen LogP contribution is -2.33. The van der Waals surface area contributed by atoms with E-state index in [1.54, 1.807) is 19.1 Å². The molecule has 138 valence electrons. The van der Waals surface area contributed by atoms with E-state index in [2.05, 4.69) is 14.8 Å². The molecule has 0 aliphatic carbocycles. The summed E-state index contributed by atoms with van der Waals surface area (Å²) in [5, 5.41) is 2.66. The zero-order valence-electron chi connectivity index (χ0n) is 14.1. The Labute approximate surface area is 156 Å². The van der Waals surface area contributed by atoms with E-state index in [9.17, 15) is 18.0 Å². The fourth-order valence-electron chi connectivity index (χ4n) is 2.09. The van der Waals surface area contributed by atoms with Crippen LogP contribution in [0, 0.1) is 6.92 Å². The number of nitrogens with one attached hydrogen (secondary N) is 2. The largest absolute Gasteiger partial charge is 0.465 e. The number of carbonyl (C=O) groups is 2. The van der Waals surface area contributed by atoms with Gasteiger partial charge in [0.1, 0.15) is 0 Å². The summed E-state index contributed by atoms with van der Waals surface area (Å²) in [6, 6.07) is 10.5. The zero-order valence-corrected chi connectivity index (χ0v) is 15.6. The van der Waals surface area contributed by atoms with Gasteiger partial charge in [-0.05, 0) is 42.8 Å². The van der Waals surface area contributed by atoms with Crippen LogP contribution in [-0.4, -0.2) is 33.9 Å². The van der Waals surface area contributed by atoms with E-state index in [0.29, 0.717) is 0 Å². The summed E-state index contributed by atoms with van der Waals surface area (Å²) in [7, 11) is -2.59. The first-order chi connectivity index (χ1) is 12.2. The molecule has 2 aromatic carbocycles. The van der Waals surface area contributed by atoms with Crippen LogP contribution in [0.25, 0.3) is 0 Å². The number of sulfonamides is 1. The highest BCUT2D eigenvalue weighted by molar-refractivity contribution is 7.89. The molecule has 0 aliphatic rings. The molecule has 9 heteroatoms. The molecular weight excluding hydrogens is 380 g/mol. The van der Waals surface area contributed by atoms with Gasteiger partial charge in [0.2, 0.25) is 15.9 Å². The standard InChI is InChI=1S/C17H17ClN2O5S/c1-11-4-3-5-13(8-11)26(23,24)19-10-16(21)20-15-9-12(17(22)25-2)6-7-14(15)18/h3-9,19H,10H2,1-2H3,(H,20,21). The van der Waals surface area contributed by atoms with Crippen LogP contribution in [0.3, 0.4) is 0 Å². The van der Waals surface area contributed by atoms with Gasteiger partial charge in [-0.25, -0.2) is 17.9 Å². The van der Waals surface area contributed by atoms with Crippen molar-refractivity contribution in [2.24, 2.45) is 0 Å². The number of ether oxygens (including phenoxy) is 1. The molecule has 2 aromatic rings. The van der Waals surface area contributed by atoms with Gasteiger partial charge >= 0.3 is 5.97 Å². The Hall–Kier alpha value is -2.42. The number of rotatable bonds is 6. The second-order valence-corrected chi connectivity index (χ2v) is 7.55. The van der Waals surface area contributed by atoms with Gasteiger partial charge in [-0.1, -0.05) is 23.7 Å². The Kier molecular flexibility index (Phi) is 6.36. The molecule has 2 rings (SSSR count). The predicted octanol–water partition coefficient (Wildman–Crippen LogP) is 2.35.